The minimum Gasteiger partial charge on any atom is -0.398 e. The molecule has 0 saturated heterocycles. The van der Waals surface area contributed by atoms with Gasteiger partial charge in [-0.05, 0) is 48.9 Å². The molecule has 0 heterocycles. The third kappa shape index (κ3) is 3.26. The van der Waals surface area contributed by atoms with E-state index < -0.39 is 10.0 Å². The summed E-state index contributed by atoms with van der Waals surface area (Å²) >= 11 is 9.01. The molecule has 2 aromatic carbocycles. The van der Waals surface area contributed by atoms with Gasteiger partial charge in [-0.3, -0.25) is 4.72 Å². The molecule has 0 aliphatic heterocycles. The lowest BCUT2D eigenvalue weighted by Crippen LogP contribution is -2.15. The van der Waals surface area contributed by atoms with Gasteiger partial charge in [0, 0.05) is 20.9 Å². The highest BCUT2D eigenvalue weighted by Gasteiger charge is 2.19. The molecule has 0 unspecified atom stereocenters. The normalized spacial score (nSPS) is 11.3. The zero-order chi connectivity index (χ0) is 14.9. The molecular weight excluding hydrogens is 364 g/mol. The summed E-state index contributed by atoms with van der Waals surface area (Å²) in [7, 11) is -3.70. The van der Waals surface area contributed by atoms with Crippen LogP contribution in [0.4, 0.5) is 11.4 Å². The van der Waals surface area contributed by atoms with Gasteiger partial charge in [0.05, 0.1) is 4.90 Å². The van der Waals surface area contributed by atoms with Gasteiger partial charge < -0.3 is 5.73 Å². The summed E-state index contributed by atoms with van der Waals surface area (Å²) in [4.78, 5) is 0.138. The summed E-state index contributed by atoms with van der Waals surface area (Å²) in [5, 5.41) is 0.538. The Morgan fingerprint density at radius 3 is 2.40 bits per heavy atom. The van der Waals surface area contributed by atoms with Crippen LogP contribution in [0.1, 0.15) is 5.56 Å². The maximum Gasteiger partial charge on any atom is 0.262 e. The van der Waals surface area contributed by atoms with Crippen LogP contribution in [0.3, 0.4) is 0 Å². The van der Waals surface area contributed by atoms with Crippen molar-refractivity contribution < 1.29 is 8.42 Å². The van der Waals surface area contributed by atoms with Crippen LogP contribution >= 0.6 is 27.5 Å². The highest BCUT2D eigenvalue weighted by Crippen LogP contribution is 2.28. The molecule has 0 bridgehead atoms. The highest BCUT2D eigenvalue weighted by molar-refractivity contribution is 9.10. The standard InChI is InChI=1S/C13H12BrClN2O2S/c1-8-12(16)6-9(14)7-13(8)20(18,19)17-11-4-2-10(15)3-5-11/h2-7,17H,16H2,1H3. The number of nitrogens with one attached hydrogen (secondary N) is 1. The van der Waals surface area contributed by atoms with Crippen molar-refractivity contribution in [3.63, 3.8) is 0 Å². The van der Waals surface area contributed by atoms with Gasteiger partial charge in [-0.2, -0.15) is 0 Å². The molecule has 0 atom stereocenters. The van der Waals surface area contributed by atoms with Crippen molar-refractivity contribution in [1.82, 2.24) is 0 Å². The lowest BCUT2D eigenvalue weighted by molar-refractivity contribution is 0.600. The summed E-state index contributed by atoms with van der Waals surface area (Å²) < 4.78 is 27.9. The molecule has 0 radical (unpaired) electrons. The quantitative estimate of drug-likeness (QED) is 0.802. The number of sulfonamides is 1. The van der Waals surface area contributed by atoms with Crippen molar-refractivity contribution in [2.45, 2.75) is 11.8 Å². The first kappa shape index (κ1) is 15.2. The van der Waals surface area contributed by atoms with Gasteiger partial charge in [0.15, 0.2) is 0 Å². The molecule has 0 fully saturated rings. The summed E-state index contributed by atoms with van der Waals surface area (Å²) in [5.41, 5.74) is 7.15. The highest BCUT2D eigenvalue weighted by atomic mass is 79.9. The Kier molecular flexibility index (Phi) is 4.27. The van der Waals surface area contributed by atoms with Crippen LogP contribution in [0.15, 0.2) is 45.8 Å². The van der Waals surface area contributed by atoms with Gasteiger partial charge in [0.25, 0.3) is 10.0 Å². The zero-order valence-electron chi connectivity index (χ0n) is 10.5. The van der Waals surface area contributed by atoms with Crippen LogP contribution < -0.4 is 10.5 Å². The van der Waals surface area contributed by atoms with Gasteiger partial charge in [0.1, 0.15) is 0 Å². The number of halogens is 2. The van der Waals surface area contributed by atoms with Crippen LogP contribution in [-0.2, 0) is 10.0 Å². The Balaban J connectivity index is 2.43. The van der Waals surface area contributed by atoms with Crippen molar-refractivity contribution in [2.75, 3.05) is 10.5 Å². The van der Waals surface area contributed by atoms with Crippen molar-refractivity contribution >= 4 is 48.9 Å². The Hall–Kier alpha value is -1.24. The molecule has 7 heteroatoms. The van der Waals surface area contributed by atoms with Crippen molar-refractivity contribution in [1.29, 1.82) is 0 Å². The van der Waals surface area contributed by atoms with E-state index in [9.17, 15) is 8.42 Å². The van der Waals surface area contributed by atoms with Crippen LogP contribution in [0.5, 0.6) is 0 Å². The van der Waals surface area contributed by atoms with Crippen LogP contribution in [0.2, 0.25) is 5.02 Å². The van der Waals surface area contributed by atoms with Crippen molar-refractivity contribution in [2.24, 2.45) is 0 Å². The summed E-state index contributed by atoms with van der Waals surface area (Å²) in [6, 6.07) is 9.59. The predicted octanol–water partition coefficient (Wildman–Crippen LogP) is 3.79. The second-order valence-electron chi connectivity index (χ2n) is 4.23. The second kappa shape index (κ2) is 5.63. The fourth-order valence-electron chi connectivity index (χ4n) is 1.68. The largest absolute Gasteiger partial charge is 0.398 e. The van der Waals surface area contributed by atoms with Crippen LogP contribution in [-0.4, -0.2) is 8.42 Å². The number of anilines is 2. The molecule has 0 aliphatic carbocycles. The third-order valence-corrected chi connectivity index (χ3v) is 4.97. The third-order valence-electron chi connectivity index (χ3n) is 2.75. The number of hydrogen-bond donors (Lipinski definition) is 2. The molecule has 4 nitrogen and oxygen atoms in total. The summed E-state index contributed by atoms with van der Waals surface area (Å²) in [5.74, 6) is 0. The van der Waals surface area contributed by atoms with E-state index in [2.05, 4.69) is 20.7 Å². The second-order valence-corrected chi connectivity index (χ2v) is 7.23. The monoisotopic (exact) mass is 374 g/mol. The Morgan fingerprint density at radius 1 is 1.20 bits per heavy atom. The van der Waals surface area contributed by atoms with Crippen molar-refractivity contribution in [3.8, 4) is 0 Å². The van der Waals surface area contributed by atoms with Gasteiger partial charge in [-0.25, -0.2) is 8.42 Å². The molecule has 0 aromatic heterocycles. The average Bonchev–Trinajstić information content (AvgIpc) is 2.36. The van der Waals surface area contributed by atoms with E-state index in [0.29, 0.717) is 26.4 Å². The maximum atomic E-state index is 12.4. The number of hydrogen-bond acceptors (Lipinski definition) is 3. The Morgan fingerprint density at radius 2 is 1.80 bits per heavy atom. The molecule has 106 valence electrons. The number of nitrogens with two attached hydrogens (primary N) is 1. The minimum absolute atomic E-state index is 0.138. The van der Waals surface area contributed by atoms with E-state index in [1.165, 1.54) is 6.07 Å². The van der Waals surface area contributed by atoms with Gasteiger partial charge in [-0.15, -0.1) is 0 Å². The first-order valence-electron chi connectivity index (χ1n) is 5.63. The van der Waals surface area contributed by atoms with E-state index in [4.69, 9.17) is 17.3 Å². The SMILES string of the molecule is Cc1c(N)cc(Br)cc1S(=O)(=O)Nc1ccc(Cl)cc1. The number of rotatable bonds is 3. The lowest BCUT2D eigenvalue weighted by Gasteiger charge is -2.12. The molecule has 0 amide bonds. The predicted molar refractivity (Wildman–Crippen MR) is 85.6 cm³/mol. The number of nitrogen functional groups attached to an aromatic ring is 1. The van der Waals surface area contributed by atoms with E-state index in [-0.39, 0.29) is 4.90 Å². The number of benzene rings is 2. The van der Waals surface area contributed by atoms with Crippen LogP contribution in [0, 0.1) is 6.92 Å². The molecule has 0 saturated carbocycles. The van der Waals surface area contributed by atoms with E-state index >= 15 is 0 Å². The van der Waals surface area contributed by atoms with E-state index in [0.717, 1.165) is 0 Å². The molecule has 20 heavy (non-hydrogen) atoms. The molecule has 2 rings (SSSR count). The summed E-state index contributed by atoms with van der Waals surface area (Å²) in [6.45, 7) is 1.66. The topological polar surface area (TPSA) is 72.2 Å². The van der Waals surface area contributed by atoms with Gasteiger partial charge in [-0.1, -0.05) is 27.5 Å². The van der Waals surface area contributed by atoms with E-state index in [1.54, 1.807) is 37.3 Å². The summed E-state index contributed by atoms with van der Waals surface area (Å²) in [6.07, 6.45) is 0. The fourth-order valence-corrected chi connectivity index (χ4v) is 3.79. The molecule has 2 aromatic rings. The minimum atomic E-state index is -3.70. The van der Waals surface area contributed by atoms with Gasteiger partial charge in [0.2, 0.25) is 0 Å². The lowest BCUT2D eigenvalue weighted by atomic mass is 10.2. The molecular formula is C13H12BrClN2O2S. The molecule has 0 spiro atoms. The fraction of sp³-hybridized carbons (Fsp3) is 0.0769. The smallest absolute Gasteiger partial charge is 0.262 e. The first-order chi connectivity index (χ1) is 9.29. The average molecular weight is 376 g/mol. The first-order valence-corrected chi connectivity index (χ1v) is 8.29. The van der Waals surface area contributed by atoms with Crippen molar-refractivity contribution in [3.05, 3.63) is 51.5 Å². The molecule has 0 aliphatic rings. The van der Waals surface area contributed by atoms with Gasteiger partial charge >= 0.3 is 0 Å². The zero-order valence-corrected chi connectivity index (χ0v) is 13.7. The Bertz CT molecular complexity index is 746. The van der Waals surface area contributed by atoms with Crippen LogP contribution in [0.25, 0.3) is 0 Å². The van der Waals surface area contributed by atoms with E-state index in [1.807, 2.05) is 0 Å². The Labute approximate surface area is 131 Å². The molecule has 3 N–H and O–H groups in total. The maximum absolute atomic E-state index is 12.4.